The topological polar surface area (TPSA) is 53.5 Å². The normalized spacial score (nSPS) is 14.6. The van der Waals surface area contributed by atoms with Gasteiger partial charge in [0.05, 0.1) is 16.3 Å². The fraction of sp³-hybridized carbons (Fsp3) is 0.375. The first-order valence-corrected chi connectivity index (χ1v) is 12.4. The number of aromatic nitrogens is 1. The van der Waals surface area contributed by atoms with Crippen LogP contribution in [-0.2, 0) is 9.84 Å². The number of benzene rings is 2. The first-order chi connectivity index (χ1) is 14.5. The third-order valence-corrected chi connectivity index (χ3v) is 7.76. The van der Waals surface area contributed by atoms with Crippen molar-refractivity contribution in [3.63, 3.8) is 0 Å². The average Bonchev–Trinajstić information content (AvgIpc) is 2.78. The molecule has 0 bridgehead atoms. The number of piperazine rings is 1. The summed E-state index contributed by atoms with van der Waals surface area (Å²) in [4.78, 5) is 10.2. The molecule has 0 N–H and O–H groups in total. The van der Waals surface area contributed by atoms with E-state index >= 15 is 0 Å². The van der Waals surface area contributed by atoms with Gasteiger partial charge in [0, 0.05) is 37.1 Å². The second-order valence-electron chi connectivity index (χ2n) is 7.82. The summed E-state index contributed by atoms with van der Waals surface area (Å²) >= 11 is 0. The summed E-state index contributed by atoms with van der Waals surface area (Å²) < 4.78 is 24.7. The second kappa shape index (κ2) is 11.3. The molecule has 0 spiro atoms. The van der Waals surface area contributed by atoms with Crippen molar-refractivity contribution in [1.29, 1.82) is 0 Å². The fourth-order valence-corrected chi connectivity index (χ4v) is 5.39. The fourth-order valence-electron chi connectivity index (χ4n) is 4.06. The van der Waals surface area contributed by atoms with Crippen LogP contribution in [-0.4, -0.2) is 56.8 Å². The van der Waals surface area contributed by atoms with Crippen LogP contribution >= 0.6 is 24.8 Å². The summed E-state index contributed by atoms with van der Waals surface area (Å²) in [5.41, 5.74) is 1.81. The van der Waals surface area contributed by atoms with E-state index in [2.05, 4.69) is 41.0 Å². The maximum atomic E-state index is 12.3. The Bertz CT molecular complexity index is 1130. The molecule has 0 atom stereocenters. The highest BCUT2D eigenvalue weighted by Crippen LogP contribution is 2.31. The number of fused-ring (bicyclic) bond motifs is 1. The summed E-state index contributed by atoms with van der Waals surface area (Å²) in [6.45, 7) is 9.17. The molecule has 1 fully saturated rings. The molecule has 0 radical (unpaired) electrons. The molecule has 32 heavy (non-hydrogen) atoms. The van der Waals surface area contributed by atoms with Gasteiger partial charge in [-0.25, -0.2) is 13.4 Å². The standard InChI is InChI=1S/C24H29N3O2S.2ClH/c1-3-17-30(28,29)21-11-9-19(10-12-21)23-18-20-7-5-6-8-22(20)24(25-23)27-15-13-26(4-2)14-16-27;;/h5-12,18H,3-4,13-17H2,1-2H3;2*1H. The molecule has 1 aliphatic rings. The van der Waals surface area contributed by atoms with Crippen molar-refractivity contribution in [2.24, 2.45) is 0 Å². The average molecular weight is 497 g/mol. The largest absolute Gasteiger partial charge is 0.354 e. The van der Waals surface area contributed by atoms with Crippen molar-refractivity contribution in [3.05, 3.63) is 54.6 Å². The van der Waals surface area contributed by atoms with Crippen LogP contribution in [0.1, 0.15) is 20.3 Å². The van der Waals surface area contributed by atoms with E-state index in [9.17, 15) is 8.42 Å². The number of likely N-dealkylation sites (N-methyl/N-ethyl adjacent to an activating group) is 1. The van der Waals surface area contributed by atoms with Gasteiger partial charge in [0.2, 0.25) is 0 Å². The molecule has 0 saturated carbocycles. The summed E-state index contributed by atoms with van der Waals surface area (Å²) in [5.74, 6) is 1.19. The number of hydrogen-bond donors (Lipinski definition) is 0. The summed E-state index contributed by atoms with van der Waals surface area (Å²) in [5, 5.41) is 2.31. The predicted octanol–water partition coefficient (Wildman–Crippen LogP) is 5.07. The Morgan fingerprint density at radius 1 is 0.906 bits per heavy atom. The van der Waals surface area contributed by atoms with E-state index in [4.69, 9.17) is 4.98 Å². The lowest BCUT2D eigenvalue weighted by molar-refractivity contribution is 0.271. The maximum Gasteiger partial charge on any atom is 0.178 e. The Kier molecular flexibility index (Phi) is 9.34. The molecule has 4 rings (SSSR count). The van der Waals surface area contributed by atoms with Gasteiger partial charge in [0.25, 0.3) is 0 Å². The smallest absolute Gasteiger partial charge is 0.178 e. The van der Waals surface area contributed by atoms with Crippen molar-refractivity contribution < 1.29 is 8.42 Å². The summed E-state index contributed by atoms with van der Waals surface area (Å²) in [6, 6.07) is 17.6. The number of sulfone groups is 1. The van der Waals surface area contributed by atoms with Gasteiger partial charge in [-0.15, -0.1) is 24.8 Å². The van der Waals surface area contributed by atoms with E-state index in [0.29, 0.717) is 11.3 Å². The molecular formula is C24H31Cl2N3O2S. The van der Waals surface area contributed by atoms with Crippen molar-refractivity contribution >= 4 is 51.2 Å². The molecule has 0 unspecified atom stereocenters. The highest BCUT2D eigenvalue weighted by atomic mass is 35.5. The monoisotopic (exact) mass is 495 g/mol. The lowest BCUT2D eigenvalue weighted by Crippen LogP contribution is -2.46. The molecule has 3 aromatic rings. The molecule has 2 aromatic carbocycles. The van der Waals surface area contributed by atoms with Crippen LogP contribution in [0.4, 0.5) is 5.82 Å². The van der Waals surface area contributed by atoms with Crippen LogP contribution < -0.4 is 4.90 Å². The Morgan fingerprint density at radius 3 is 2.19 bits per heavy atom. The van der Waals surface area contributed by atoms with E-state index in [1.54, 1.807) is 12.1 Å². The Hall–Kier alpha value is -1.86. The van der Waals surface area contributed by atoms with Crippen LogP contribution in [0.15, 0.2) is 59.5 Å². The molecule has 8 heteroatoms. The zero-order chi connectivity index (χ0) is 21.1. The predicted molar refractivity (Wildman–Crippen MR) is 138 cm³/mol. The first kappa shape index (κ1) is 26.4. The van der Waals surface area contributed by atoms with E-state index in [1.165, 1.54) is 0 Å². The minimum absolute atomic E-state index is 0. The molecule has 0 aliphatic carbocycles. The van der Waals surface area contributed by atoms with Gasteiger partial charge in [0.15, 0.2) is 9.84 Å². The van der Waals surface area contributed by atoms with Crippen molar-refractivity contribution in [2.75, 3.05) is 43.4 Å². The van der Waals surface area contributed by atoms with Crippen molar-refractivity contribution in [3.8, 4) is 11.3 Å². The van der Waals surface area contributed by atoms with Crippen LogP contribution in [0.2, 0.25) is 0 Å². The number of nitrogens with zero attached hydrogens (tertiary/aromatic N) is 3. The second-order valence-corrected chi connectivity index (χ2v) is 9.93. The third kappa shape index (κ3) is 5.54. The quantitative estimate of drug-likeness (QED) is 0.477. The molecule has 2 heterocycles. The lowest BCUT2D eigenvalue weighted by atomic mass is 10.1. The third-order valence-electron chi connectivity index (χ3n) is 5.82. The van der Waals surface area contributed by atoms with Crippen molar-refractivity contribution in [2.45, 2.75) is 25.2 Å². The number of rotatable bonds is 6. The van der Waals surface area contributed by atoms with Crippen LogP contribution in [0, 0.1) is 0 Å². The number of halogens is 2. The summed E-state index contributed by atoms with van der Waals surface area (Å²) in [6.07, 6.45) is 0.616. The zero-order valence-electron chi connectivity index (χ0n) is 18.5. The van der Waals surface area contributed by atoms with E-state index in [1.807, 2.05) is 25.1 Å². The molecule has 1 aliphatic heterocycles. The lowest BCUT2D eigenvalue weighted by Gasteiger charge is -2.35. The SMILES string of the molecule is CCCS(=O)(=O)c1ccc(-c2cc3ccccc3c(N3CCN(CC)CC3)n2)cc1.Cl.Cl. The molecule has 0 amide bonds. The van der Waals surface area contributed by atoms with Gasteiger partial charge in [0.1, 0.15) is 5.82 Å². The van der Waals surface area contributed by atoms with Gasteiger partial charge in [-0.1, -0.05) is 50.2 Å². The van der Waals surface area contributed by atoms with E-state index in [0.717, 1.165) is 60.6 Å². The van der Waals surface area contributed by atoms with Crippen LogP contribution in [0.25, 0.3) is 22.0 Å². The highest BCUT2D eigenvalue weighted by molar-refractivity contribution is 7.91. The molecule has 1 saturated heterocycles. The Morgan fingerprint density at radius 2 is 1.56 bits per heavy atom. The molecule has 5 nitrogen and oxygen atoms in total. The van der Waals surface area contributed by atoms with E-state index < -0.39 is 9.84 Å². The Labute approximate surface area is 203 Å². The minimum atomic E-state index is -3.21. The molecule has 174 valence electrons. The van der Waals surface area contributed by atoms with Gasteiger partial charge in [-0.05, 0) is 36.6 Å². The number of anilines is 1. The van der Waals surface area contributed by atoms with Gasteiger partial charge >= 0.3 is 0 Å². The Balaban J connectivity index is 0.00000181. The minimum Gasteiger partial charge on any atom is -0.354 e. The van der Waals surface area contributed by atoms with Gasteiger partial charge in [-0.3, -0.25) is 0 Å². The number of pyridine rings is 1. The highest BCUT2D eigenvalue weighted by Gasteiger charge is 2.20. The van der Waals surface area contributed by atoms with E-state index in [-0.39, 0.29) is 30.6 Å². The molecule has 1 aromatic heterocycles. The van der Waals surface area contributed by atoms with Gasteiger partial charge < -0.3 is 9.80 Å². The van der Waals surface area contributed by atoms with Crippen molar-refractivity contribution in [1.82, 2.24) is 9.88 Å². The van der Waals surface area contributed by atoms with Gasteiger partial charge in [-0.2, -0.15) is 0 Å². The van der Waals surface area contributed by atoms with Crippen LogP contribution in [0.5, 0.6) is 0 Å². The number of hydrogen-bond acceptors (Lipinski definition) is 5. The summed E-state index contributed by atoms with van der Waals surface area (Å²) in [7, 11) is -3.21. The first-order valence-electron chi connectivity index (χ1n) is 10.7. The molecular weight excluding hydrogens is 465 g/mol. The van der Waals surface area contributed by atoms with Crippen LogP contribution in [0.3, 0.4) is 0 Å². The zero-order valence-corrected chi connectivity index (χ0v) is 21.0. The maximum absolute atomic E-state index is 12.3.